The molecule has 132 valence electrons. The lowest BCUT2D eigenvalue weighted by atomic mass is 10.2. The van der Waals surface area contributed by atoms with Crippen LogP contribution in [0, 0.1) is 10.1 Å². The number of aryl methyl sites for hydroxylation is 1. The van der Waals surface area contributed by atoms with E-state index in [1.165, 1.54) is 18.3 Å². The lowest BCUT2D eigenvalue weighted by Gasteiger charge is -2.03. The summed E-state index contributed by atoms with van der Waals surface area (Å²) >= 11 is 0. The molecule has 0 bridgehead atoms. The number of methoxy groups -OCH3 is 1. The summed E-state index contributed by atoms with van der Waals surface area (Å²) in [4.78, 5) is 22.5. The first-order valence-electron chi connectivity index (χ1n) is 7.71. The Morgan fingerprint density at radius 1 is 1.23 bits per heavy atom. The van der Waals surface area contributed by atoms with Crippen molar-refractivity contribution in [2.45, 2.75) is 0 Å². The molecule has 3 rings (SSSR count). The minimum atomic E-state index is -0.474. The topological polar surface area (TPSA) is 98.8 Å². The van der Waals surface area contributed by atoms with Crippen molar-refractivity contribution in [1.29, 1.82) is 0 Å². The fourth-order valence-electron chi connectivity index (χ4n) is 2.58. The van der Waals surface area contributed by atoms with Gasteiger partial charge in [0.1, 0.15) is 11.4 Å². The van der Waals surface area contributed by atoms with Crippen molar-refractivity contribution in [2.75, 3.05) is 7.11 Å². The molecular weight excluding hydrogens is 336 g/mol. The largest absolute Gasteiger partial charge is 0.497 e. The maximum absolute atomic E-state index is 12.4. The Morgan fingerprint density at radius 2 is 1.96 bits per heavy atom. The number of carbonyl (C=O) groups is 1. The zero-order chi connectivity index (χ0) is 18.7. The number of hydrazone groups is 1. The summed E-state index contributed by atoms with van der Waals surface area (Å²) in [6.07, 6.45) is 1.42. The van der Waals surface area contributed by atoms with E-state index >= 15 is 0 Å². The number of nitrogens with zero attached hydrogens (tertiary/aromatic N) is 3. The molecule has 1 amide bonds. The van der Waals surface area contributed by atoms with Crippen LogP contribution in [0.1, 0.15) is 16.1 Å². The van der Waals surface area contributed by atoms with Gasteiger partial charge in [0.05, 0.1) is 18.2 Å². The van der Waals surface area contributed by atoms with Crippen LogP contribution < -0.4 is 10.2 Å². The minimum absolute atomic E-state index is 0.00267. The van der Waals surface area contributed by atoms with Crippen LogP contribution >= 0.6 is 0 Å². The summed E-state index contributed by atoms with van der Waals surface area (Å²) in [5, 5.41) is 15.4. The molecule has 1 heterocycles. The molecule has 0 saturated heterocycles. The average Bonchev–Trinajstić information content (AvgIpc) is 2.98. The smallest absolute Gasteiger partial charge is 0.287 e. The number of carbonyl (C=O) groups excluding carboxylic acids is 1. The Kier molecular flexibility index (Phi) is 4.66. The quantitative estimate of drug-likeness (QED) is 0.433. The number of non-ortho nitro benzene ring substituents is 1. The predicted octanol–water partition coefficient (Wildman–Crippen LogP) is 2.86. The van der Waals surface area contributed by atoms with Crippen LogP contribution in [-0.2, 0) is 7.05 Å². The Morgan fingerprint density at radius 3 is 2.62 bits per heavy atom. The van der Waals surface area contributed by atoms with Gasteiger partial charge in [-0.15, -0.1) is 0 Å². The number of ether oxygens (including phenoxy) is 1. The Hall–Kier alpha value is -3.68. The van der Waals surface area contributed by atoms with Crippen molar-refractivity contribution in [1.82, 2.24) is 9.99 Å². The van der Waals surface area contributed by atoms with Gasteiger partial charge < -0.3 is 9.30 Å². The van der Waals surface area contributed by atoms with Crippen molar-refractivity contribution >= 4 is 28.7 Å². The van der Waals surface area contributed by atoms with Gasteiger partial charge in [0.15, 0.2) is 0 Å². The number of amides is 1. The molecule has 26 heavy (non-hydrogen) atoms. The monoisotopic (exact) mass is 352 g/mol. The number of fused-ring (bicyclic) bond motifs is 1. The normalized spacial score (nSPS) is 11.0. The Labute approximate surface area is 148 Å². The molecule has 0 radical (unpaired) electrons. The molecule has 2 aromatic carbocycles. The van der Waals surface area contributed by atoms with E-state index < -0.39 is 4.92 Å². The van der Waals surface area contributed by atoms with Crippen molar-refractivity contribution in [3.8, 4) is 5.75 Å². The number of hydrogen-bond donors (Lipinski definition) is 1. The van der Waals surface area contributed by atoms with Gasteiger partial charge in [0.2, 0.25) is 0 Å². The van der Waals surface area contributed by atoms with Crippen LogP contribution in [0.15, 0.2) is 53.6 Å². The first-order chi connectivity index (χ1) is 12.5. The standard InChI is InChI=1S/C18H16N4O4/c1-21-16-8-7-15(26-2)9-13(16)10-17(21)18(23)20-19-11-12-3-5-14(6-4-12)22(24)25/h3-11H,1-2H3,(H,20,23). The SMILES string of the molecule is COc1ccc2c(c1)cc(C(=O)NN=Cc1ccc([N+](=O)[O-])cc1)n2C. The Balaban J connectivity index is 1.74. The Bertz CT molecular complexity index is 1010. The van der Waals surface area contributed by atoms with E-state index in [0.29, 0.717) is 17.0 Å². The summed E-state index contributed by atoms with van der Waals surface area (Å²) in [6, 6.07) is 13.2. The summed E-state index contributed by atoms with van der Waals surface area (Å²) < 4.78 is 6.96. The van der Waals surface area contributed by atoms with Gasteiger partial charge in [-0.3, -0.25) is 14.9 Å². The number of nitrogens with one attached hydrogen (secondary N) is 1. The number of nitro groups is 1. The number of rotatable bonds is 5. The molecule has 0 saturated carbocycles. The fraction of sp³-hybridized carbons (Fsp3) is 0.111. The van der Waals surface area contributed by atoms with Crippen molar-refractivity contribution < 1.29 is 14.5 Å². The highest BCUT2D eigenvalue weighted by Gasteiger charge is 2.13. The van der Waals surface area contributed by atoms with Crippen LogP contribution in [0.25, 0.3) is 10.9 Å². The second kappa shape index (κ2) is 7.06. The highest BCUT2D eigenvalue weighted by Crippen LogP contribution is 2.23. The second-order valence-corrected chi connectivity index (χ2v) is 5.56. The molecule has 0 spiro atoms. The molecule has 0 aliphatic carbocycles. The third-order valence-corrected chi connectivity index (χ3v) is 3.97. The fourth-order valence-corrected chi connectivity index (χ4v) is 2.58. The van der Waals surface area contributed by atoms with Gasteiger partial charge in [0.25, 0.3) is 11.6 Å². The lowest BCUT2D eigenvalue weighted by molar-refractivity contribution is -0.384. The molecular formula is C18H16N4O4. The third kappa shape index (κ3) is 3.39. The van der Waals surface area contributed by atoms with Crippen molar-refractivity contribution in [3.05, 3.63) is 69.9 Å². The molecule has 1 N–H and O–H groups in total. The van der Waals surface area contributed by atoms with Gasteiger partial charge in [-0.05, 0) is 42.0 Å². The molecule has 8 heteroatoms. The van der Waals surface area contributed by atoms with E-state index in [-0.39, 0.29) is 11.6 Å². The van der Waals surface area contributed by atoms with Crippen LogP contribution in [0.5, 0.6) is 5.75 Å². The van der Waals surface area contributed by atoms with Gasteiger partial charge in [0, 0.05) is 30.1 Å². The highest BCUT2D eigenvalue weighted by molar-refractivity contribution is 5.99. The van der Waals surface area contributed by atoms with Crippen molar-refractivity contribution in [3.63, 3.8) is 0 Å². The van der Waals surface area contributed by atoms with E-state index in [1.54, 1.807) is 36.9 Å². The average molecular weight is 352 g/mol. The maximum atomic E-state index is 12.4. The van der Waals surface area contributed by atoms with Crippen LogP contribution in [0.2, 0.25) is 0 Å². The van der Waals surface area contributed by atoms with E-state index in [4.69, 9.17) is 4.74 Å². The van der Waals surface area contributed by atoms with E-state index in [1.807, 2.05) is 18.2 Å². The lowest BCUT2D eigenvalue weighted by Crippen LogP contribution is -2.20. The first kappa shape index (κ1) is 17.2. The molecule has 0 fully saturated rings. The maximum Gasteiger partial charge on any atom is 0.287 e. The first-order valence-corrected chi connectivity index (χ1v) is 7.71. The molecule has 8 nitrogen and oxygen atoms in total. The minimum Gasteiger partial charge on any atom is -0.497 e. The molecule has 1 aromatic heterocycles. The number of nitro benzene ring substituents is 1. The number of benzene rings is 2. The molecule has 3 aromatic rings. The van der Waals surface area contributed by atoms with Crippen molar-refractivity contribution in [2.24, 2.45) is 12.1 Å². The zero-order valence-electron chi connectivity index (χ0n) is 14.2. The summed E-state index contributed by atoms with van der Waals surface area (Å²) in [7, 11) is 3.38. The summed E-state index contributed by atoms with van der Waals surface area (Å²) in [6.45, 7) is 0. The number of aromatic nitrogens is 1. The van der Waals surface area contributed by atoms with Gasteiger partial charge in [-0.25, -0.2) is 5.43 Å². The zero-order valence-corrected chi connectivity index (χ0v) is 14.2. The predicted molar refractivity (Wildman–Crippen MR) is 97.6 cm³/mol. The summed E-state index contributed by atoms with van der Waals surface area (Å²) in [5.41, 5.74) is 4.45. The highest BCUT2D eigenvalue weighted by atomic mass is 16.6. The van der Waals surface area contributed by atoms with E-state index in [0.717, 1.165) is 10.9 Å². The van der Waals surface area contributed by atoms with Crippen LogP contribution in [0.4, 0.5) is 5.69 Å². The third-order valence-electron chi connectivity index (χ3n) is 3.97. The molecule has 0 aliphatic heterocycles. The summed E-state index contributed by atoms with van der Waals surface area (Å²) in [5.74, 6) is 0.354. The van der Waals surface area contributed by atoms with Crippen LogP contribution in [-0.4, -0.2) is 28.7 Å². The van der Waals surface area contributed by atoms with Gasteiger partial charge in [-0.2, -0.15) is 5.10 Å². The molecule has 0 unspecified atom stereocenters. The number of hydrogen-bond acceptors (Lipinski definition) is 5. The van der Waals surface area contributed by atoms with E-state index in [9.17, 15) is 14.9 Å². The van der Waals surface area contributed by atoms with E-state index in [2.05, 4.69) is 10.5 Å². The van der Waals surface area contributed by atoms with Crippen LogP contribution in [0.3, 0.4) is 0 Å². The van der Waals surface area contributed by atoms with Gasteiger partial charge >= 0.3 is 0 Å². The molecule has 0 atom stereocenters. The molecule has 0 aliphatic rings. The second-order valence-electron chi connectivity index (χ2n) is 5.56. The van der Waals surface area contributed by atoms with Gasteiger partial charge in [-0.1, -0.05) is 0 Å².